The van der Waals surface area contributed by atoms with Gasteiger partial charge >= 0.3 is 7.12 Å². The smallest absolute Gasteiger partial charge is 0.423 e. The van der Waals surface area contributed by atoms with Gasteiger partial charge in [0.2, 0.25) is 0 Å². The Morgan fingerprint density at radius 1 is 1.50 bits per heavy atom. The molecule has 1 aromatic heterocycles. The maximum absolute atomic E-state index is 9.74. The molecule has 1 aliphatic heterocycles. The molecule has 1 aromatic carbocycles. The number of rotatable bonds is 3. The second kappa shape index (κ2) is 4.97. The number of nitrogens with zero attached hydrogens (tertiary/aromatic N) is 1. The summed E-state index contributed by atoms with van der Waals surface area (Å²) in [6.07, 6.45) is 0.819. The van der Waals surface area contributed by atoms with Crippen LogP contribution in [-0.4, -0.2) is 23.7 Å². The van der Waals surface area contributed by atoms with Gasteiger partial charge in [-0.15, -0.1) is 11.3 Å². The van der Waals surface area contributed by atoms with Crippen molar-refractivity contribution in [3.63, 3.8) is 0 Å². The second-order valence-corrected chi connectivity index (χ2v) is 4.64. The van der Waals surface area contributed by atoms with Gasteiger partial charge in [0, 0.05) is 6.61 Å². The Hall–Kier alpha value is -1.57. The third-order valence-electron chi connectivity index (χ3n) is 2.74. The zero-order chi connectivity index (χ0) is 12.4. The van der Waals surface area contributed by atoms with Gasteiger partial charge in [0.15, 0.2) is 0 Å². The molecule has 92 valence electrons. The molecule has 0 radical (unpaired) electrons. The number of nitrogens with one attached hydrogen (secondary N) is 1. The van der Waals surface area contributed by atoms with Gasteiger partial charge in [0.25, 0.3) is 5.88 Å². The topological polar surface area (TPSA) is 63.6 Å². The van der Waals surface area contributed by atoms with Crippen molar-refractivity contribution in [1.29, 1.82) is 0 Å². The van der Waals surface area contributed by atoms with Crippen LogP contribution < -0.4 is 15.8 Å². The van der Waals surface area contributed by atoms with Gasteiger partial charge in [-0.3, -0.25) is 0 Å². The highest BCUT2D eigenvalue weighted by Gasteiger charge is 2.24. The van der Waals surface area contributed by atoms with E-state index in [0.29, 0.717) is 12.5 Å². The lowest BCUT2D eigenvalue weighted by Crippen LogP contribution is -2.41. The first kappa shape index (κ1) is 11.5. The van der Waals surface area contributed by atoms with Crippen LogP contribution in [0.25, 0.3) is 0 Å². The van der Waals surface area contributed by atoms with Gasteiger partial charge in [0.1, 0.15) is 0 Å². The third-order valence-corrected chi connectivity index (χ3v) is 3.31. The first-order valence-electron chi connectivity index (χ1n) is 5.56. The van der Waals surface area contributed by atoms with Crippen molar-refractivity contribution in [3.8, 4) is 5.88 Å². The Morgan fingerprint density at radius 3 is 3.28 bits per heavy atom. The minimum Gasteiger partial charge on any atom is -0.423 e. The van der Waals surface area contributed by atoms with Gasteiger partial charge in [-0.2, -0.15) is 0 Å². The molecule has 3 rings (SSSR count). The van der Waals surface area contributed by atoms with E-state index in [2.05, 4.69) is 10.5 Å². The summed E-state index contributed by atoms with van der Waals surface area (Å²) in [7, 11) is -0.852. The number of fused-ring (bicyclic) bond motifs is 1. The quantitative estimate of drug-likeness (QED) is 0.633. The summed E-state index contributed by atoms with van der Waals surface area (Å²) >= 11 is 1.46. The van der Waals surface area contributed by atoms with E-state index >= 15 is 0 Å². The first-order chi connectivity index (χ1) is 8.83. The van der Waals surface area contributed by atoms with Crippen molar-refractivity contribution in [2.24, 2.45) is 0 Å². The van der Waals surface area contributed by atoms with Crippen molar-refractivity contribution in [2.45, 2.75) is 6.42 Å². The van der Waals surface area contributed by atoms with Crippen LogP contribution in [0.2, 0.25) is 0 Å². The van der Waals surface area contributed by atoms with E-state index in [1.165, 1.54) is 11.3 Å². The molecule has 0 atom stereocenters. The maximum atomic E-state index is 9.74. The Balaban J connectivity index is 1.75. The molecular weight excluding hydrogens is 251 g/mol. The van der Waals surface area contributed by atoms with Gasteiger partial charge in [0.05, 0.1) is 16.6 Å². The first-order valence-corrected chi connectivity index (χ1v) is 6.51. The number of benzene rings is 1. The molecule has 0 fully saturated rings. The monoisotopic (exact) mass is 262 g/mol. The normalized spacial score (nSPS) is 14.2. The Kier molecular flexibility index (Phi) is 3.18. The summed E-state index contributed by atoms with van der Waals surface area (Å²) in [4.78, 5) is 9.28. The average molecular weight is 262 g/mol. The molecule has 1 aliphatic rings. The number of hydrogen-bond acceptors (Lipinski definition) is 6. The molecule has 5 nitrogen and oxygen atoms in total. The van der Waals surface area contributed by atoms with E-state index < -0.39 is 7.12 Å². The van der Waals surface area contributed by atoms with Crippen molar-refractivity contribution < 1.29 is 14.5 Å². The molecule has 2 heterocycles. The predicted molar refractivity (Wildman–Crippen MR) is 70.1 cm³/mol. The third kappa shape index (κ3) is 2.33. The zero-order valence-corrected chi connectivity index (χ0v) is 10.3. The van der Waals surface area contributed by atoms with Crippen LogP contribution >= 0.6 is 11.3 Å². The van der Waals surface area contributed by atoms with E-state index in [9.17, 15) is 5.02 Å². The minimum absolute atomic E-state index is 0.523. The highest BCUT2D eigenvalue weighted by Crippen LogP contribution is 2.15. The second-order valence-electron chi connectivity index (χ2n) is 3.92. The molecule has 7 heteroatoms. The summed E-state index contributed by atoms with van der Waals surface area (Å²) in [6.45, 7) is 0.552. The summed E-state index contributed by atoms with van der Waals surface area (Å²) in [6, 6.07) is 5.70. The number of hydrogen-bond donors (Lipinski definition) is 2. The van der Waals surface area contributed by atoms with Crippen molar-refractivity contribution in [2.75, 3.05) is 12.1 Å². The van der Waals surface area contributed by atoms with Crippen LogP contribution in [0.15, 0.2) is 29.1 Å². The van der Waals surface area contributed by atoms with Crippen molar-refractivity contribution in [3.05, 3.63) is 34.7 Å². The number of anilines is 1. The fourth-order valence-corrected chi connectivity index (χ4v) is 2.30. The lowest BCUT2D eigenvalue weighted by atomic mass is 9.73. The Morgan fingerprint density at radius 2 is 2.44 bits per heavy atom. The summed E-state index contributed by atoms with van der Waals surface area (Å²) in [5, 5.41) is 11.5. The van der Waals surface area contributed by atoms with Gasteiger partial charge in [-0.05, 0) is 29.6 Å². The predicted octanol–water partition coefficient (Wildman–Crippen LogP) is 0.809. The summed E-state index contributed by atoms with van der Waals surface area (Å²) in [5.74, 6) is 0.523. The molecule has 0 unspecified atom stereocenters. The largest absolute Gasteiger partial charge is 0.491 e. The molecule has 0 aliphatic carbocycles. The Labute approximate surface area is 108 Å². The molecule has 0 amide bonds. The molecule has 0 saturated heterocycles. The molecule has 2 N–H and O–H groups in total. The van der Waals surface area contributed by atoms with E-state index in [1.54, 1.807) is 10.9 Å². The summed E-state index contributed by atoms with van der Waals surface area (Å²) < 4.78 is 5.19. The standard InChI is InChI=1S/C11H11BN2O3S/c15-12-10-5-9(2-1-8(10)3-4-16-12)14-17-11-6-18-7-13-11/h1-2,5-7,14-15H,3-4H2. The Bertz CT molecular complexity index is 535. The molecule has 0 bridgehead atoms. The van der Waals surface area contributed by atoms with Crippen LogP contribution in [-0.2, 0) is 11.1 Å². The van der Waals surface area contributed by atoms with Gasteiger partial charge < -0.3 is 14.5 Å². The minimum atomic E-state index is -0.852. The van der Waals surface area contributed by atoms with Crippen LogP contribution in [0.3, 0.4) is 0 Å². The average Bonchev–Trinajstić information content (AvgIpc) is 2.90. The van der Waals surface area contributed by atoms with Crippen LogP contribution in [0.5, 0.6) is 5.88 Å². The SMILES string of the molecule is OB1OCCc2ccc(NOc3cscn3)cc21. The number of aromatic nitrogens is 1. The van der Waals surface area contributed by atoms with E-state index in [1.807, 2.05) is 18.2 Å². The van der Waals surface area contributed by atoms with Gasteiger partial charge in [-0.1, -0.05) is 6.07 Å². The molecule has 18 heavy (non-hydrogen) atoms. The number of thiazole rings is 1. The lowest BCUT2D eigenvalue weighted by molar-refractivity contribution is 0.266. The lowest BCUT2D eigenvalue weighted by Gasteiger charge is -2.19. The van der Waals surface area contributed by atoms with Crippen LogP contribution in [0, 0.1) is 0 Å². The zero-order valence-electron chi connectivity index (χ0n) is 9.50. The summed E-state index contributed by atoms with van der Waals surface area (Å²) in [5.41, 5.74) is 7.14. The van der Waals surface area contributed by atoms with E-state index in [-0.39, 0.29) is 0 Å². The highest BCUT2D eigenvalue weighted by atomic mass is 32.1. The fraction of sp³-hybridized carbons (Fsp3) is 0.182. The van der Waals surface area contributed by atoms with Crippen molar-refractivity contribution in [1.82, 2.24) is 4.98 Å². The molecule has 0 saturated carbocycles. The van der Waals surface area contributed by atoms with Crippen LogP contribution in [0.1, 0.15) is 5.56 Å². The highest BCUT2D eigenvalue weighted by molar-refractivity contribution is 7.07. The van der Waals surface area contributed by atoms with Crippen molar-refractivity contribution >= 4 is 29.6 Å². The van der Waals surface area contributed by atoms with Gasteiger partial charge in [-0.25, -0.2) is 10.5 Å². The molecule has 0 spiro atoms. The fourth-order valence-electron chi connectivity index (χ4n) is 1.85. The van der Waals surface area contributed by atoms with E-state index in [0.717, 1.165) is 23.1 Å². The molecular formula is C11H11BN2O3S. The maximum Gasteiger partial charge on any atom is 0.491 e. The van der Waals surface area contributed by atoms with E-state index in [4.69, 9.17) is 9.49 Å². The molecule has 2 aromatic rings. The van der Waals surface area contributed by atoms with Crippen LogP contribution in [0.4, 0.5) is 5.69 Å².